The summed E-state index contributed by atoms with van der Waals surface area (Å²) < 4.78 is 17.2. The van der Waals surface area contributed by atoms with Crippen molar-refractivity contribution in [3.8, 4) is 11.5 Å². The summed E-state index contributed by atoms with van der Waals surface area (Å²) in [5.74, 6) is 0.748. The molecule has 4 aromatic rings. The zero-order valence-corrected chi connectivity index (χ0v) is 20.4. The van der Waals surface area contributed by atoms with Gasteiger partial charge in [0.1, 0.15) is 5.58 Å². The monoisotopic (exact) mass is 489 g/mol. The molecule has 3 aromatic carbocycles. The van der Waals surface area contributed by atoms with E-state index in [2.05, 4.69) is 6.92 Å². The Kier molecular flexibility index (Phi) is 5.99. The third-order valence-electron chi connectivity index (χ3n) is 6.26. The first-order valence-corrected chi connectivity index (χ1v) is 11.8. The number of amides is 1. The highest BCUT2D eigenvalue weighted by Gasteiger charge is 2.44. The zero-order valence-electron chi connectivity index (χ0n) is 19.6. The lowest BCUT2D eigenvalue weighted by atomic mass is 9.97. The van der Waals surface area contributed by atoms with Gasteiger partial charge < -0.3 is 13.9 Å². The van der Waals surface area contributed by atoms with Crippen molar-refractivity contribution in [1.29, 1.82) is 0 Å². The molecule has 0 spiro atoms. The van der Waals surface area contributed by atoms with Crippen LogP contribution in [0.5, 0.6) is 11.5 Å². The van der Waals surface area contributed by atoms with Crippen molar-refractivity contribution in [2.24, 2.45) is 0 Å². The number of halogens is 1. The number of aryl methyl sites for hydroxylation is 1. The standard InChI is InChI=1S/C28H24ClNO5/c1-4-16-6-10-19(11-7-16)30-25(17-8-12-22(34-5-2)23(14-17)33-3)24-26(31)20-15-18(29)9-13-21(20)35-27(24)28(30)32/h6-15,25H,4-5H2,1-3H3. The number of carbonyl (C=O) groups is 1. The molecule has 2 heterocycles. The molecule has 0 saturated carbocycles. The molecule has 1 unspecified atom stereocenters. The molecule has 1 aromatic heterocycles. The molecular formula is C28H24ClNO5. The zero-order chi connectivity index (χ0) is 24.7. The van der Waals surface area contributed by atoms with E-state index in [1.165, 1.54) is 0 Å². The lowest BCUT2D eigenvalue weighted by Crippen LogP contribution is -2.29. The van der Waals surface area contributed by atoms with E-state index in [1.54, 1.807) is 42.3 Å². The summed E-state index contributed by atoms with van der Waals surface area (Å²) >= 11 is 6.18. The normalized spacial score (nSPS) is 14.9. The molecule has 0 bridgehead atoms. The molecule has 0 saturated heterocycles. The summed E-state index contributed by atoms with van der Waals surface area (Å²) in [6.45, 7) is 4.44. The van der Waals surface area contributed by atoms with E-state index in [-0.39, 0.29) is 22.7 Å². The molecule has 1 aliphatic rings. The Hall–Kier alpha value is -3.77. The van der Waals surface area contributed by atoms with E-state index in [0.717, 1.165) is 12.0 Å². The highest BCUT2D eigenvalue weighted by molar-refractivity contribution is 6.31. The van der Waals surface area contributed by atoms with Crippen molar-refractivity contribution >= 4 is 34.2 Å². The number of nitrogens with zero attached hydrogens (tertiary/aromatic N) is 1. The summed E-state index contributed by atoms with van der Waals surface area (Å²) in [5, 5.41) is 0.746. The van der Waals surface area contributed by atoms with Gasteiger partial charge in [-0.3, -0.25) is 14.5 Å². The molecule has 5 rings (SSSR count). The van der Waals surface area contributed by atoms with Crippen LogP contribution in [0, 0.1) is 0 Å². The fourth-order valence-electron chi connectivity index (χ4n) is 4.55. The molecule has 7 heteroatoms. The quantitative estimate of drug-likeness (QED) is 0.324. The molecule has 6 nitrogen and oxygen atoms in total. The van der Waals surface area contributed by atoms with Crippen LogP contribution in [0.25, 0.3) is 11.0 Å². The predicted molar refractivity (Wildman–Crippen MR) is 136 cm³/mol. The molecule has 178 valence electrons. The second-order valence-corrected chi connectivity index (χ2v) is 8.69. The van der Waals surface area contributed by atoms with Gasteiger partial charge in [-0.1, -0.05) is 36.7 Å². The minimum Gasteiger partial charge on any atom is -0.493 e. The van der Waals surface area contributed by atoms with Crippen LogP contribution in [0.2, 0.25) is 5.02 Å². The average molecular weight is 490 g/mol. The largest absolute Gasteiger partial charge is 0.493 e. The van der Waals surface area contributed by atoms with Gasteiger partial charge in [-0.2, -0.15) is 0 Å². The highest BCUT2D eigenvalue weighted by Crippen LogP contribution is 2.43. The van der Waals surface area contributed by atoms with Crippen LogP contribution in [0.15, 0.2) is 69.9 Å². The highest BCUT2D eigenvalue weighted by atomic mass is 35.5. The predicted octanol–water partition coefficient (Wildman–Crippen LogP) is 6.17. The number of methoxy groups -OCH3 is 1. The van der Waals surface area contributed by atoms with Crippen molar-refractivity contribution in [3.05, 3.63) is 98.4 Å². The fraction of sp³-hybridized carbons (Fsp3) is 0.214. The Labute approximate surface area is 207 Å². The van der Waals surface area contributed by atoms with E-state index >= 15 is 0 Å². The molecule has 1 atom stereocenters. The van der Waals surface area contributed by atoms with Crippen LogP contribution in [0.3, 0.4) is 0 Å². The number of carbonyl (C=O) groups excluding carboxylic acids is 1. The summed E-state index contributed by atoms with van der Waals surface area (Å²) in [4.78, 5) is 29.1. The number of hydrogen-bond donors (Lipinski definition) is 0. The number of hydrogen-bond acceptors (Lipinski definition) is 5. The smallest absolute Gasteiger partial charge is 0.295 e. The lowest BCUT2D eigenvalue weighted by Gasteiger charge is -2.26. The third kappa shape index (κ3) is 3.84. The van der Waals surface area contributed by atoms with Gasteiger partial charge in [0.25, 0.3) is 5.91 Å². The Morgan fingerprint density at radius 2 is 1.74 bits per heavy atom. The van der Waals surface area contributed by atoms with Gasteiger partial charge in [0.15, 0.2) is 16.9 Å². The van der Waals surface area contributed by atoms with Gasteiger partial charge in [0.05, 0.1) is 30.7 Å². The maximum Gasteiger partial charge on any atom is 0.295 e. The molecule has 0 aliphatic carbocycles. The first-order chi connectivity index (χ1) is 17.0. The minimum absolute atomic E-state index is 0.0299. The number of rotatable bonds is 6. The number of anilines is 1. The second kappa shape index (κ2) is 9.12. The van der Waals surface area contributed by atoms with E-state index < -0.39 is 6.04 Å². The average Bonchev–Trinajstić information content (AvgIpc) is 3.17. The molecule has 0 fully saturated rings. The number of ether oxygens (including phenoxy) is 2. The van der Waals surface area contributed by atoms with Gasteiger partial charge in [-0.05, 0) is 66.9 Å². The van der Waals surface area contributed by atoms with Crippen molar-refractivity contribution in [2.45, 2.75) is 26.3 Å². The minimum atomic E-state index is -0.714. The third-order valence-corrected chi connectivity index (χ3v) is 6.49. The van der Waals surface area contributed by atoms with Crippen LogP contribution < -0.4 is 19.8 Å². The Balaban J connectivity index is 1.77. The Morgan fingerprint density at radius 3 is 2.43 bits per heavy atom. The van der Waals surface area contributed by atoms with Gasteiger partial charge >= 0.3 is 0 Å². The lowest BCUT2D eigenvalue weighted by molar-refractivity contribution is 0.0971. The molecule has 0 radical (unpaired) electrons. The van der Waals surface area contributed by atoms with Crippen molar-refractivity contribution < 1.29 is 18.7 Å². The van der Waals surface area contributed by atoms with E-state index in [0.29, 0.717) is 45.3 Å². The maximum absolute atomic E-state index is 13.7. The summed E-state index contributed by atoms with van der Waals surface area (Å²) in [7, 11) is 1.56. The van der Waals surface area contributed by atoms with Gasteiger partial charge in [-0.15, -0.1) is 0 Å². The summed E-state index contributed by atoms with van der Waals surface area (Å²) in [5.41, 5.74) is 2.81. The Bertz CT molecular complexity index is 1490. The van der Waals surface area contributed by atoms with Crippen LogP contribution in [-0.2, 0) is 6.42 Å². The van der Waals surface area contributed by atoms with Crippen molar-refractivity contribution in [2.75, 3.05) is 18.6 Å². The van der Waals surface area contributed by atoms with Crippen molar-refractivity contribution in [3.63, 3.8) is 0 Å². The van der Waals surface area contributed by atoms with Crippen LogP contribution >= 0.6 is 11.6 Å². The molecule has 35 heavy (non-hydrogen) atoms. The van der Waals surface area contributed by atoms with Crippen LogP contribution in [-0.4, -0.2) is 19.6 Å². The second-order valence-electron chi connectivity index (χ2n) is 8.26. The fourth-order valence-corrected chi connectivity index (χ4v) is 4.72. The molecule has 1 amide bonds. The Morgan fingerprint density at radius 1 is 0.971 bits per heavy atom. The molecule has 0 N–H and O–H groups in total. The topological polar surface area (TPSA) is 69.0 Å². The van der Waals surface area contributed by atoms with Gasteiger partial charge in [-0.25, -0.2) is 0 Å². The summed E-state index contributed by atoms with van der Waals surface area (Å²) in [6.07, 6.45) is 0.875. The number of benzene rings is 3. The van der Waals surface area contributed by atoms with E-state index in [1.807, 2.05) is 37.3 Å². The van der Waals surface area contributed by atoms with Gasteiger partial charge in [0, 0.05) is 10.7 Å². The summed E-state index contributed by atoms with van der Waals surface area (Å²) in [6, 6.07) is 17.3. The molecular weight excluding hydrogens is 466 g/mol. The van der Waals surface area contributed by atoms with Crippen LogP contribution in [0.1, 0.15) is 47.1 Å². The van der Waals surface area contributed by atoms with E-state index in [9.17, 15) is 9.59 Å². The first kappa shape index (κ1) is 23.0. The molecule has 1 aliphatic heterocycles. The SMILES string of the molecule is CCOc1ccc(C2c3c(oc4ccc(Cl)cc4c3=O)C(=O)N2c2ccc(CC)cc2)cc1OC. The van der Waals surface area contributed by atoms with Crippen molar-refractivity contribution in [1.82, 2.24) is 0 Å². The maximum atomic E-state index is 13.7. The van der Waals surface area contributed by atoms with Gasteiger partial charge in [0.2, 0.25) is 5.76 Å². The van der Waals surface area contributed by atoms with Crippen LogP contribution in [0.4, 0.5) is 5.69 Å². The van der Waals surface area contributed by atoms with E-state index in [4.69, 9.17) is 25.5 Å². The first-order valence-electron chi connectivity index (χ1n) is 11.5. The number of fused-ring (bicyclic) bond motifs is 2.